The van der Waals surface area contributed by atoms with Crippen LogP contribution in [0.25, 0.3) is 0 Å². The van der Waals surface area contributed by atoms with Gasteiger partial charge in [-0.1, -0.05) is 61.4 Å². The highest BCUT2D eigenvalue weighted by Crippen LogP contribution is 2.43. The Hall–Kier alpha value is -2.29. The number of nitrogens with zero attached hydrogens (tertiary/aromatic N) is 1. The molecule has 1 heterocycles. The number of para-hydroxylation sites is 1. The summed E-state index contributed by atoms with van der Waals surface area (Å²) in [6.45, 7) is 1.59. The summed E-state index contributed by atoms with van der Waals surface area (Å²) in [7, 11) is 0. The number of benzene rings is 2. The van der Waals surface area contributed by atoms with E-state index in [2.05, 4.69) is 29.2 Å². The van der Waals surface area contributed by atoms with Crippen molar-refractivity contribution in [2.45, 2.75) is 50.0 Å². The average molecular weight is 349 g/mol. The Bertz CT molecular complexity index is 714. The number of ether oxygens (including phenoxy) is 1. The second-order valence-electron chi connectivity index (χ2n) is 7.58. The van der Waals surface area contributed by atoms with Crippen LogP contribution in [0.2, 0.25) is 0 Å². The molecule has 0 unspecified atom stereocenters. The molecule has 2 fully saturated rings. The molecule has 136 valence electrons. The molecular weight excluding hydrogens is 322 g/mol. The van der Waals surface area contributed by atoms with Gasteiger partial charge in [0.1, 0.15) is 11.9 Å². The number of hydrogen-bond donors (Lipinski definition) is 0. The van der Waals surface area contributed by atoms with E-state index in [1.807, 2.05) is 36.4 Å². The van der Waals surface area contributed by atoms with Crippen molar-refractivity contribution in [3.8, 4) is 5.75 Å². The monoisotopic (exact) mass is 349 g/mol. The maximum Gasteiger partial charge on any atom is 0.233 e. The van der Waals surface area contributed by atoms with Crippen LogP contribution in [-0.2, 0) is 10.2 Å². The Morgan fingerprint density at radius 1 is 0.885 bits per heavy atom. The molecule has 2 aromatic carbocycles. The molecule has 1 amide bonds. The molecule has 0 atom stereocenters. The third-order valence-electron chi connectivity index (χ3n) is 5.97. The number of amides is 1. The van der Waals surface area contributed by atoms with E-state index in [1.165, 1.54) is 5.56 Å². The number of piperidine rings is 1. The summed E-state index contributed by atoms with van der Waals surface area (Å²) in [5.41, 5.74) is 0.902. The zero-order valence-electron chi connectivity index (χ0n) is 15.3. The first-order valence-electron chi connectivity index (χ1n) is 9.84. The molecule has 2 aliphatic rings. The van der Waals surface area contributed by atoms with Crippen molar-refractivity contribution in [2.24, 2.45) is 0 Å². The van der Waals surface area contributed by atoms with Crippen LogP contribution in [0.5, 0.6) is 5.75 Å². The Kier molecular flexibility index (Phi) is 4.96. The van der Waals surface area contributed by atoms with Crippen molar-refractivity contribution >= 4 is 5.91 Å². The van der Waals surface area contributed by atoms with Gasteiger partial charge in [0.15, 0.2) is 0 Å². The van der Waals surface area contributed by atoms with Crippen LogP contribution in [0.4, 0.5) is 0 Å². The molecule has 0 spiro atoms. The molecule has 3 nitrogen and oxygen atoms in total. The molecule has 0 aromatic heterocycles. The van der Waals surface area contributed by atoms with Crippen molar-refractivity contribution in [2.75, 3.05) is 13.1 Å². The quantitative estimate of drug-likeness (QED) is 0.809. The minimum Gasteiger partial charge on any atom is -0.490 e. The lowest BCUT2D eigenvalue weighted by Gasteiger charge is -2.38. The van der Waals surface area contributed by atoms with Crippen LogP contribution in [0.15, 0.2) is 60.7 Å². The second-order valence-corrected chi connectivity index (χ2v) is 7.58. The molecule has 0 N–H and O–H groups in total. The Morgan fingerprint density at radius 2 is 1.46 bits per heavy atom. The maximum absolute atomic E-state index is 13.5. The fraction of sp³-hybridized carbons (Fsp3) is 0.435. The van der Waals surface area contributed by atoms with E-state index in [0.29, 0.717) is 5.91 Å². The number of hydrogen-bond acceptors (Lipinski definition) is 2. The lowest BCUT2D eigenvalue weighted by molar-refractivity contribution is -0.139. The van der Waals surface area contributed by atoms with Crippen molar-refractivity contribution in [3.05, 3.63) is 66.2 Å². The molecular formula is C23H27NO2. The summed E-state index contributed by atoms with van der Waals surface area (Å²) in [5.74, 6) is 1.26. The normalized spacial score (nSPS) is 20.1. The van der Waals surface area contributed by atoms with Gasteiger partial charge in [0.25, 0.3) is 0 Å². The predicted molar refractivity (Wildman–Crippen MR) is 103 cm³/mol. The summed E-state index contributed by atoms with van der Waals surface area (Å²) < 4.78 is 6.08. The molecule has 26 heavy (non-hydrogen) atoms. The molecule has 1 aliphatic heterocycles. The van der Waals surface area contributed by atoms with Gasteiger partial charge in [0, 0.05) is 25.9 Å². The summed E-state index contributed by atoms with van der Waals surface area (Å²) in [5, 5.41) is 0. The molecule has 3 heteroatoms. The van der Waals surface area contributed by atoms with E-state index in [-0.39, 0.29) is 11.5 Å². The van der Waals surface area contributed by atoms with Crippen molar-refractivity contribution < 1.29 is 9.53 Å². The Morgan fingerprint density at radius 3 is 2.08 bits per heavy atom. The summed E-state index contributed by atoms with van der Waals surface area (Å²) >= 11 is 0. The standard InChI is InChI=1S/C23H27NO2/c25-22(23(15-7-8-16-23)19-9-3-1-4-10-19)24-17-13-21(14-18-24)26-20-11-5-2-6-12-20/h1-6,9-12,21H,7-8,13-18H2. The highest BCUT2D eigenvalue weighted by Gasteiger charge is 2.45. The van der Waals surface area contributed by atoms with Gasteiger partial charge in [-0.25, -0.2) is 0 Å². The smallest absolute Gasteiger partial charge is 0.233 e. The Balaban J connectivity index is 1.42. The zero-order chi connectivity index (χ0) is 17.8. The lowest BCUT2D eigenvalue weighted by Crippen LogP contribution is -2.50. The van der Waals surface area contributed by atoms with Crippen LogP contribution < -0.4 is 4.74 Å². The van der Waals surface area contributed by atoms with E-state index >= 15 is 0 Å². The van der Waals surface area contributed by atoms with E-state index in [1.54, 1.807) is 0 Å². The fourth-order valence-corrected chi connectivity index (χ4v) is 4.53. The third kappa shape index (κ3) is 3.35. The van der Waals surface area contributed by atoms with Crippen LogP contribution >= 0.6 is 0 Å². The van der Waals surface area contributed by atoms with E-state index in [0.717, 1.165) is 57.4 Å². The average Bonchev–Trinajstić information content (AvgIpc) is 3.21. The van der Waals surface area contributed by atoms with Gasteiger partial charge in [-0.2, -0.15) is 0 Å². The van der Waals surface area contributed by atoms with Gasteiger partial charge in [-0.05, 0) is 30.5 Å². The van der Waals surface area contributed by atoms with Gasteiger partial charge in [-0.15, -0.1) is 0 Å². The van der Waals surface area contributed by atoms with Crippen molar-refractivity contribution in [3.63, 3.8) is 0 Å². The van der Waals surface area contributed by atoms with Gasteiger partial charge in [0.05, 0.1) is 5.41 Å². The van der Waals surface area contributed by atoms with E-state index < -0.39 is 0 Å². The largest absolute Gasteiger partial charge is 0.490 e. The first-order valence-corrected chi connectivity index (χ1v) is 9.84. The molecule has 4 rings (SSSR count). The van der Waals surface area contributed by atoms with Gasteiger partial charge < -0.3 is 9.64 Å². The second kappa shape index (κ2) is 7.53. The summed E-state index contributed by atoms with van der Waals surface area (Å²) in [4.78, 5) is 15.6. The Labute approximate surface area is 156 Å². The molecule has 1 saturated heterocycles. The highest BCUT2D eigenvalue weighted by atomic mass is 16.5. The number of rotatable bonds is 4. The maximum atomic E-state index is 13.5. The topological polar surface area (TPSA) is 29.5 Å². The van der Waals surface area contributed by atoms with Gasteiger partial charge in [-0.3, -0.25) is 4.79 Å². The summed E-state index contributed by atoms with van der Waals surface area (Å²) in [6.07, 6.45) is 6.28. The molecule has 0 bridgehead atoms. The molecule has 1 saturated carbocycles. The fourth-order valence-electron chi connectivity index (χ4n) is 4.53. The van der Waals surface area contributed by atoms with Crippen molar-refractivity contribution in [1.29, 1.82) is 0 Å². The molecule has 1 aliphatic carbocycles. The number of carbonyl (C=O) groups excluding carboxylic acids is 1. The van der Waals surface area contributed by atoms with Crippen LogP contribution in [0.3, 0.4) is 0 Å². The molecule has 2 aromatic rings. The lowest BCUT2D eigenvalue weighted by atomic mass is 9.77. The number of carbonyl (C=O) groups is 1. The SMILES string of the molecule is O=C(N1CCC(Oc2ccccc2)CC1)C1(c2ccccc2)CCCC1. The van der Waals surface area contributed by atoms with E-state index in [9.17, 15) is 4.79 Å². The van der Waals surface area contributed by atoms with Gasteiger partial charge in [0.2, 0.25) is 5.91 Å². The third-order valence-corrected chi connectivity index (χ3v) is 5.97. The van der Waals surface area contributed by atoms with E-state index in [4.69, 9.17) is 4.74 Å². The molecule has 0 radical (unpaired) electrons. The number of likely N-dealkylation sites (tertiary alicyclic amines) is 1. The first kappa shape index (κ1) is 17.1. The summed E-state index contributed by atoms with van der Waals surface area (Å²) in [6, 6.07) is 20.4. The zero-order valence-corrected chi connectivity index (χ0v) is 15.3. The van der Waals surface area contributed by atoms with Crippen LogP contribution in [-0.4, -0.2) is 30.0 Å². The van der Waals surface area contributed by atoms with Crippen LogP contribution in [0, 0.1) is 0 Å². The minimum atomic E-state index is -0.297. The predicted octanol–water partition coefficient (Wildman–Crippen LogP) is 4.57. The van der Waals surface area contributed by atoms with Crippen LogP contribution in [0.1, 0.15) is 44.1 Å². The van der Waals surface area contributed by atoms with Gasteiger partial charge >= 0.3 is 0 Å². The first-order chi connectivity index (χ1) is 12.8. The minimum absolute atomic E-state index is 0.206. The highest BCUT2D eigenvalue weighted by molar-refractivity contribution is 5.88. The van der Waals surface area contributed by atoms with Crippen molar-refractivity contribution in [1.82, 2.24) is 4.90 Å².